The Bertz CT molecular complexity index is 1330. The van der Waals surface area contributed by atoms with Gasteiger partial charge < -0.3 is 25.4 Å². The normalized spacial score (nSPS) is 26.2. The third kappa shape index (κ3) is 3.20. The monoisotopic (exact) mass is 445 g/mol. The molecule has 0 amide bonds. The lowest BCUT2D eigenvalue weighted by Crippen LogP contribution is -2.24. The van der Waals surface area contributed by atoms with Gasteiger partial charge in [-0.05, 0) is 22.3 Å². The number of nitrogens with one attached hydrogen (secondary N) is 1. The fourth-order valence-electron chi connectivity index (χ4n) is 4.89. The van der Waals surface area contributed by atoms with Crippen molar-refractivity contribution in [2.45, 2.75) is 37.0 Å². The summed E-state index contributed by atoms with van der Waals surface area (Å²) in [4.78, 5) is 13.3. The van der Waals surface area contributed by atoms with Gasteiger partial charge in [0, 0.05) is 6.42 Å². The number of fused-ring (bicyclic) bond motifs is 4. The molecular formula is C24H23N5O4. The van der Waals surface area contributed by atoms with E-state index in [2.05, 4.69) is 26.3 Å². The SMILES string of the molecule is OCC1OC(n2cnc3c(NC4c5ccccc5-c5ccccc5C4O)ncnc32)CC1O. The maximum absolute atomic E-state index is 11.3. The smallest absolute Gasteiger partial charge is 0.167 e. The Balaban J connectivity index is 1.38. The molecule has 1 aliphatic carbocycles. The van der Waals surface area contributed by atoms with Crippen LogP contribution in [0, 0.1) is 0 Å². The van der Waals surface area contributed by atoms with Crippen molar-refractivity contribution >= 4 is 17.0 Å². The Hall–Kier alpha value is -3.37. The molecule has 0 saturated carbocycles. The molecule has 2 aromatic heterocycles. The molecule has 5 atom stereocenters. The molecule has 0 radical (unpaired) electrons. The Morgan fingerprint density at radius 2 is 1.70 bits per heavy atom. The van der Waals surface area contributed by atoms with Crippen LogP contribution >= 0.6 is 0 Å². The van der Waals surface area contributed by atoms with Gasteiger partial charge in [-0.25, -0.2) is 15.0 Å². The average Bonchev–Trinajstić information content (AvgIpc) is 3.45. The molecule has 168 valence electrons. The molecule has 9 heteroatoms. The summed E-state index contributed by atoms with van der Waals surface area (Å²) in [6.45, 7) is -0.257. The summed E-state index contributed by atoms with van der Waals surface area (Å²) in [6.07, 6.45) is 0.704. The van der Waals surface area contributed by atoms with E-state index in [4.69, 9.17) is 4.74 Å². The molecular weight excluding hydrogens is 422 g/mol. The number of imidazole rings is 1. The van der Waals surface area contributed by atoms with Crippen LogP contribution in [0.15, 0.2) is 61.2 Å². The van der Waals surface area contributed by atoms with Crippen molar-refractivity contribution in [3.05, 3.63) is 72.3 Å². The lowest BCUT2D eigenvalue weighted by Gasteiger charge is -2.33. The molecule has 4 aromatic rings. The summed E-state index contributed by atoms with van der Waals surface area (Å²) in [5, 5.41) is 34.2. The summed E-state index contributed by atoms with van der Waals surface area (Å²) >= 11 is 0. The van der Waals surface area contributed by atoms with E-state index in [9.17, 15) is 15.3 Å². The maximum atomic E-state index is 11.3. The molecule has 2 aromatic carbocycles. The standard InChI is InChI=1S/C24H23N5O4/c30-10-18-17(31)9-19(33-18)29-12-27-21-23(25-11-26-24(21)29)28-20-15-7-3-1-5-13(15)14-6-2-4-8-16(14)22(20)32/h1-8,11-12,17-20,22,30-32H,9-10H2,(H,25,26,28). The minimum atomic E-state index is -0.776. The van der Waals surface area contributed by atoms with Crippen LogP contribution in [0.2, 0.25) is 0 Å². The van der Waals surface area contributed by atoms with E-state index in [0.717, 1.165) is 22.3 Å². The fourth-order valence-corrected chi connectivity index (χ4v) is 4.89. The van der Waals surface area contributed by atoms with Crippen LogP contribution in [0.5, 0.6) is 0 Å². The number of aliphatic hydroxyl groups is 3. The number of ether oxygens (including phenoxy) is 1. The number of aromatic nitrogens is 4. The molecule has 0 bridgehead atoms. The predicted octanol–water partition coefficient (Wildman–Crippen LogP) is 2.33. The summed E-state index contributed by atoms with van der Waals surface area (Å²) in [6, 6.07) is 15.4. The van der Waals surface area contributed by atoms with Gasteiger partial charge in [0.05, 0.1) is 25.1 Å². The minimum Gasteiger partial charge on any atom is -0.394 e. The van der Waals surface area contributed by atoms with E-state index in [1.165, 1.54) is 6.33 Å². The lowest BCUT2D eigenvalue weighted by atomic mass is 9.80. The highest BCUT2D eigenvalue weighted by Gasteiger charge is 2.36. The summed E-state index contributed by atoms with van der Waals surface area (Å²) < 4.78 is 7.51. The zero-order valence-electron chi connectivity index (χ0n) is 17.6. The third-order valence-corrected chi connectivity index (χ3v) is 6.53. The van der Waals surface area contributed by atoms with E-state index in [-0.39, 0.29) is 6.61 Å². The van der Waals surface area contributed by atoms with Gasteiger partial charge in [-0.15, -0.1) is 0 Å². The highest BCUT2D eigenvalue weighted by atomic mass is 16.5. The maximum Gasteiger partial charge on any atom is 0.167 e. The summed E-state index contributed by atoms with van der Waals surface area (Å²) in [5.41, 5.74) is 4.99. The largest absolute Gasteiger partial charge is 0.394 e. The number of hydrogen-bond acceptors (Lipinski definition) is 8. The topological polar surface area (TPSA) is 126 Å². The fraction of sp³-hybridized carbons (Fsp3) is 0.292. The van der Waals surface area contributed by atoms with E-state index in [1.54, 1.807) is 10.9 Å². The van der Waals surface area contributed by atoms with Crippen molar-refractivity contribution in [3.63, 3.8) is 0 Å². The summed E-state index contributed by atoms with van der Waals surface area (Å²) in [5.74, 6) is 0.495. The molecule has 6 rings (SSSR count). The first kappa shape index (κ1) is 20.3. The molecule has 0 spiro atoms. The molecule has 4 N–H and O–H groups in total. The second-order valence-electron chi connectivity index (χ2n) is 8.40. The minimum absolute atomic E-state index is 0.257. The van der Waals surface area contributed by atoms with Crippen LogP contribution in [-0.4, -0.2) is 53.7 Å². The van der Waals surface area contributed by atoms with E-state index in [1.807, 2.05) is 42.5 Å². The van der Waals surface area contributed by atoms with Crippen LogP contribution in [0.1, 0.15) is 35.9 Å². The number of rotatable bonds is 4. The Kier molecular flexibility index (Phi) is 4.84. The first-order valence-corrected chi connectivity index (χ1v) is 10.9. The number of aliphatic hydroxyl groups excluding tert-OH is 3. The van der Waals surface area contributed by atoms with Gasteiger partial charge in [-0.2, -0.15) is 0 Å². The average molecular weight is 445 g/mol. The van der Waals surface area contributed by atoms with Crippen molar-refractivity contribution in [1.29, 1.82) is 0 Å². The van der Waals surface area contributed by atoms with E-state index < -0.39 is 30.6 Å². The predicted molar refractivity (Wildman–Crippen MR) is 120 cm³/mol. The van der Waals surface area contributed by atoms with Crippen molar-refractivity contribution in [2.24, 2.45) is 0 Å². The zero-order valence-corrected chi connectivity index (χ0v) is 17.6. The first-order valence-electron chi connectivity index (χ1n) is 10.9. The lowest BCUT2D eigenvalue weighted by molar-refractivity contribution is -0.0432. The van der Waals surface area contributed by atoms with Gasteiger partial charge in [0.1, 0.15) is 24.8 Å². The summed E-state index contributed by atoms with van der Waals surface area (Å²) in [7, 11) is 0. The van der Waals surface area contributed by atoms with Crippen molar-refractivity contribution in [3.8, 4) is 11.1 Å². The van der Waals surface area contributed by atoms with Crippen LogP contribution in [0.25, 0.3) is 22.3 Å². The van der Waals surface area contributed by atoms with Crippen molar-refractivity contribution < 1.29 is 20.1 Å². The Morgan fingerprint density at radius 1 is 0.970 bits per heavy atom. The van der Waals surface area contributed by atoms with Crippen LogP contribution in [0.3, 0.4) is 0 Å². The molecule has 1 saturated heterocycles. The van der Waals surface area contributed by atoms with Crippen molar-refractivity contribution in [2.75, 3.05) is 11.9 Å². The number of hydrogen-bond donors (Lipinski definition) is 4. The van der Waals surface area contributed by atoms with Gasteiger partial charge in [0.25, 0.3) is 0 Å². The van der Waals surface area contributed by atoms with Gasteiger partial charge in [-0.3, -0.25) is 4.57 Å². The Morgan fingerprint density at radius 3 is 2.45 bits per heavy atom. The Labute approximate surface area is 189 Å². The van der Waals surface area contributed by atoms with Crippen LogP contribution in [0.4, 0.5) is 5.82 Å². The van der Waals surface area contributed by atoms with Crippen molar-refractivity contribution in [1.82, 2.24) is 19.5 Å². The number of nitrogens with zero attached hydrogens (tertiary/aromatic N) is 4. The molecule has 5 unspecified atom stereocenters. The molecule has 1 fully saturated rings. The molecule has 33 heavy (non-hydrogen) atoms. The highest BCUT2D eigenvalue weighted by molar-refractivity contribution is 5.84. The molecule has 9 nitrogen and oxygen atoms in total. The molecule has 2 aliphatic rings. The van der Waals surface area contributed by atoms with Gasteiger partial charge >= 0.3 is 0 Å². The van der Waals surface area contributed by atoms with E-state index in [0.29, 0.717) is 23.4 Å². The second kappa shape index (κ2) is 7.89. The van der Waals surface area contributed by atoms with Crippen LogP contribution in [-0.2, 0) is 4.74 Å². The highest BCUT2D eigenvalue weighted by Crippen LogP contribution is 2.45. The van der Waals surface area contributed by atoms with Crippen LogP contribution < -0.4 is 5.32 Å². The van der Waals surface area contributed by atoms with Gasteiger partial charge in [0.2, 0.25) is 0 Å². The first-order chi connectivity index (χ1) is 16.2. The number of benzene rings is 2. The molecule has 1 aliphatic heterocycles. The van der Waals surface area contributed by atoms with E-state index >= 15 is 0 Å². The molecule has 3 heterocycles. The third-order valence-electron chi connectivity index (χ3n) is 6.53. The zero-order chi connectivity index (χ0) is 22.5. The second-order valence-corrected chi connectivity index (χ2v) is 8.40. The quantitative estimate of drug-likeness (QED) is 0.377. The van der Waals surface area contributed by atoms with Gasteiger partial charge in [-0.1, -0.05) is 48.5 Å². The number of anilines is 1. The van der Waals surface area contributed by atoms with Gasteiger partial charge in [0.15, 0.2) is 17.0 Å².